The molecule has 6 rings (SSSR count). The van der Waals surface area contributed by atoms with Crippen molar-refractivity contribution in [1.29, 1.82) is 0 Å². The maximum absolute atomic E-state index is 13.4. The molecule has 1 saturated heterocycles. The number of halogens is 3. The van der Waals surface area contributed by atoms with Gasteiger partial charge in [-0.2, -0.15) is 18.3 Å². The highest BCUT2D eigenvalue weighted by Crippen LogP contribution is 2.38. The van der Waals surface area contributed by atoms with Crippen molar-refractivity contribution >= 4 is 5.91 Å². The van der Waals surface area contributed by atoms with Crippen LogP contribution in [0.1, 0.15) is 72.1 Å². The molecule has 0 radical (unpaired) electrons. The number of amides is 1. The van der Waals surface area contributed by atoms with E-state index in [4.69, 9.17) is 9.72 Å². The van der Waals surface area contributed by atoms with Gasteiger partial charge in [0.25, 0.3) is 5.91 Å². The van der Waals surface area contributed by atoms with Crippen LogP contribution in [-0.4, -0.2) is 54.2 Å². The highest BCUT2D eigenvalue weighted by Gasteiger charge is 2.41. The summed E-state index contributed by atoms with van der Waals surface area (Å²) in [6.07, 6.45) is 2.21. The number of nitrogens with zero attached hydrogens (tertiary/aromatic N) is 5. The molecule has 3 aliphatic rings. The number of H-pyrrole nitrogens is 1. The van der Waals surface area contributed by atoms with Crippen molar-refractivity contribution in [2.75, 3.05) is 6.61 Å². The average molecular weight is 515 g/mol. The van der Waals surface area contributed by atoms with Gasteiger partial charge in [0.15, 0.2) is 11.6 Å². The van der Waals surface area contributed by atoms with Crippen LogP contribution >= 0.6 is 0 Å². The van der Waals surface area contributed by atoms with E-state index < -0.39 is 17.8 Å². The lowest BCUT2D eigenvalue weighted by Gasteiger charge is -2.37. The molecule has 3 aromatic rings. The molecule has 2 aliphatic carbocycles. The number of aromatic amines is 1. The smallest absolute Gasteiger partial charge is 0.370 e. The first-order valence-corrected chi connectivity index (χ1v) is 12.8. The molecule has 2 atom stereocenters. The van der Waals surface area contributed by atoms with Crippen LogP contribution in [0.2, 0.25) is 0 Å². The molecule has 2 aromatic heterocycles. The van der Waals surface area contributed by atoms with Crippen LogP contribution in [0.25, 0.3) is 11.5 Å². The number of aromatic nitrogens is 5. The number of alkyl halides is 3. The van der Waals surface area contributed by atoms with Gasteiger partial charge in [-0.1, -0.05) is 6.07 Å². The minimum Gasteiger partial charge on any atom is -0.370 e. The summed E-state index contributed by atoms with van der Waals surface area (Å²) in [6.45, 7) is 3.26. The Morgan fingerprint density at radius 3 is 2.73 bits per heavy atom. The van der Waals surface area contributed by atoms with Gasteiger partial charge < -0.3 is 14.2 Å². The fraction of sp³-hybridized carbons (Fsp3) is 0.538. The molecule has 2 saturated carbocycles. The topological polar surface area (TPSA) is 88.9 Å². The second-order valence-corrected chi connectivity index (χ2v) is 10.4. The number of hydrogen-bond acceptors (Lipinski definition) is 5. The minimum atomic E-state index is -4.50. The molecule has 11 heteroatoms. The molecule has 3 fully saturated rings. The Hall–Kier alpha value is -3.21. The number of nitrogens with one attached hydrogen (secondary N) is 1. The normalized spacial score (nSPS) is 22.3. The van der Waals surface area contributed by atoms with Crippen LogP contribution < -0.4 is 0 Å². The van der Waals surface area contributed by atoms with Crippen molar-refractivity contribution in [1.82, 2.24) is 29.6 Å². The predicted molar refractivity (Wildman–Crippen MR) is 127 cm³/mol. The number of carbonyl (C=O) groups is 1. The number of carbonyl (C=O) groups excluding carboxylic acids is 1. The molecule has 1 aromatic carbocycles. The predicted octanol–water partition coefficient (Wildman–Crippen LogP) is 4.93. The van der Waals surface area contributed by atoms with Gasteiger partial charge in [-0.25, -0.2) is 9.97 Å². The summed E-state index contributed by atoms with van der Waals surface area (Å²) in [5.74, 6) is 1.46. The van der Waals surface area contributed by atoms with Crippen LogP contribution in [-0.2, 0) is 17.5 Å². The van der Waals surface area contributed by atoms with Gasteiger partial charge in [-0.05, 0) is 63.1 Å². The Bertz CT molecular complexity index is 1290. The maximum atomic E-state index is 13.4. The number of benzene rings is 1. The monoisotopic (exact) mass is 514 g/mol. The fourth-order valence-corrected chi connectivity index (χ4v) is 5.20. The van der Waals surface area contributed by atoms with E-state index >= 15 is 0 Å². The molecule has 1 amide bonds. The zero-order chi connectivity index (χ0) is 25.7. The Kier molecular flexibility index (Phi) is 6.05. The third-order valence-corrected chi connectivity index (χ3v) is 7.45. The summed E-state index contributed by atoms with van der Waals surface area (Å²) < 4.78 is 47.9. The quantitative estimate of drug-likeness (QED) is 0.483. The summed E-state index contributed by atoms with van der Waals surface area (Å²) in [4.78, 5) is 24.4. The van der Waals surface area contributed by atoms with Crippen molar-refractivity contribution in [2.45, 2.75) is 76.4 Å². The Morgan fingerprint density at radius 2 is 2.00 bits per heavy atom. The van der Waals surface area contributed by atoms with E-state index in [1.54, 1.807) is 4.90 Å². The summed E-state index contributed by atoms with van der Waals surface area (Å²) in [5, 5.41) is 7.47. The van der Waals surface area contributed by atoms with Gasteiger partial charge in [-0.3, -0.25) is 9.89 Å². The van der Waals surface area contributed by atoms with Gasteiger partial charge in [0.1, 0.15) is 11.8 Å². The molecule has 196 valence electrons. The Morgan fingerprint density at radius 1 is 1.19 bits per heavy atom. The summed E-state index contributed by atoms with van der Waals surface area (Å²) in [5.41, 5.74) is 0.997. The average Bonchev–Trinajstić information content (AvgIpc) is 3.80. The number of ether oxygens (including phenoxy) is 1. The van der Waals surface area contributed by atoms with Crippen LogP contribution in [0.3, 0.4) is 0 Å². The third-order valence-electron chi connectivity index (χ3n) is 7.45. The third kappa shape index (κ3) is 5.01. The number of hydrogen-bond donors (Lipinski definition) is 1. The van der Waals surface area contributed by atoms with Gasteiger partial charge in [0.2, 0.25) is 0 Å². The first-order chi connectivity index (χ1) is 17.8. The van der Waals surface area contributed by atoms with Crippen molar-refractivity contribution in [3.05, 3.63) is 53.2 Å². The van der Waals surface area contributed by atoms with Crippen LogP contribution in [0.5, 0.6) is 0 Å². The minimum absolute atomic E-state index is 0.0375. The molecule has 37 heavy (non-hydrogen) atoms. The molecule has 3 heterocycles. The van der Waals surface area contributed by atoms with Crippen LogP contribution in [0.15, 0.2) is 30.6 Å². The molecule has 1 aliphatic heterocycles. The Labute approximate surface area is 212 Å². The zero-order valence-electron chi connectivity index (χ0n) is 20.5. The second kappa shape index (κ2) is 9.27. The SMILES string of the molecule is Cc1ncn(CC2CC2)c1-c1n[nH]c([C@H]2C[C@@H](N(C(=O)c3cccc(C(F)(F)F)c3)C3CC3)CCO2)n1. The molecule has 1 N–H and O–H groups in total. The van der Waals surface area contributed by atoms with Crippen molar-refractivity contribution in [3.8, 4) is 11.5 Å². The zero-order valence-corrected chi connectivity index (χ0v) is 20.5. The first kappa shape index (κ1) is 24.1. The van der Waals surface area contributed by atoms with E-state index in [2.05, 4.69) is 19.7 Å². The lowest BCUT2D eigenvalue weighted by molar-refractivity contribution is -0.137. The van der Waals surface area contributed by atoms with E-state index in [1.807, 2.05) is 13.3 Å². The van der Waals surface area contributed by atoms with Crippen molar-refractivity contribution < 1.29 is 22.7 Å². The standard InChI is InChI=1S/C26H29F3N6O2/c1-15-22(34(14-30-15)13-16-5-6-16)24-31-23(32-33-24)21-12-20(9-10-37-21)35(19-7-8-19)25(36)17-3-2-4-18(11-17)26(27,28)29/h2-4,11,14,16,19-21H,5-10,12-13H2,1H3,(H,31,32,33)/t20-,21+/m0/s1. The highest BCUT2D eigenvalue weighted by molar-refractivity contribution is 5.95. The molecule has 0 spiro atoms. The van der Waals surface area contributed by atoms with Crippen LogP contribution in [0.4, 0.5) is 13.2 Å². The van der Waals surface area contributed by atoms with E-state index in [1.165, 1.54) is 25.0 Å². The molecular weight excluding hydrogens is 485 g/mol. The molecule has 0 unspecified atom stereocenters. The summed E-state index contributed by atoms with van der Waals surface area (Å²) in [6, 6.07) is 4.56. The highest BCUT2D eigenvalue weighted by atomic mass is 19.4. The molecule has 0 bridgehead atoms. The van der Waals surface area contributed by atoms with Gasteiger partial charge in [0, 0.05) is 37.2 Å². The number of rotatable bonds is 7. The van der Waals surface area contributed by atoms with Crippen molar-refractivity contribution in [3.63, 3.8) is 0 Å². The Balaban J connectivity index is 1.21. The lowest BCUT2D eigenvalue weighted by Crippen LogP contribution is -2.45. The van der Waals surface area contributed by atoms with E-state index in [9.17, 15) is 18.0 Å². The lowest BCUT2D eigenvalue weighted by atomic mass is 9.99. The largest absolute Gasteiger partial charge is 0.416 e. The van der Waals surface area contributed by atoms with Crippen LogP contribution in [0, 0.1) is 12.8 Å². The van der Waals surface area contributed by atoms with Crippen molar-refractivity contribution in [2.24, 2.45) is 5.92 Å². The van der Waals surface area contributed by atoms with Gasteiger partial charge in [-0.15, -0.1) is 0 Å². The fourth-order valence-electron chi connectivity index (χ4n) is 5.20. The summed E-state index contributed by atoms with van der Waals surface area (Å²) >= 11 is 0. The van der Waals surface area contributed by atoms with E-state index in [-0.39, 0.29) is 23.6 Å². The molecular formula is C26H29F3N6O2. The van der Waals surface area contributed by atoms with E-state index in [0.29, 0.717) is 37.0 Å². The summed E-state index contributed by atoms with van der Waals surface area (Å²) in [7, 11) is 0. The van der Waals surface area contributed by atoms with Gasteiger partial charge >= 0.3 is 6.18 Å². The first-order valence-electron chi connectivity index (χ1n) is 12.8. The maximum Gasteiger partial charge on any atom is 0.416 e. The molecule has 8 nitrogen and oxygen atoms in total. The number of imidazole rings is 1. The second-order valence-electron chi connectivity index (χ2n) is 10.4. The van der Waals surface area contributed by atoms with Gasteiger partial charge in [0.05, 0.1) is 17.6 Å². The number of aryl methyl sites for hydroxylation is 1. The van der Waals surface area contributed by atoms with E-state index in [0.717, 1.165) is 42.9 Å².